The molecule has 4 atom stereocenters. The number of ether oxygens (including phenoxy) is 1. The van der Waals surface area contributed by atoms with E-state index in [1.807, 2.05) is 0 Å². The summed E-state index contributed by atoms with van der Waals surface area (Å²) in [6.07, 6.45) is -2.15. The van der Waals surface area contributed by atoms with Gasteiger partial charge in [-0.05, 0) is 13.0 Å². The second-order valence-electron chi connectivity index (χ2n) is 4.41. The highest BCUT2D eigenvalue weighted by Crippen LogP contribution is 2.35. The van der Waals surface area contributed by atoms with Gasteiger partial charge in [-0.15, -0.1) is 0 Å². The van der Waals surface area contributed by atoms with E-state index in [1.165, 1.54) is 19.2 Å². The quantitative estimate of drug-likeness (QED) is 0.474. The number of hydrogen-bond acceptors (Lipinski definition) is 7. The molecule has 18 heavy (non-hydrogen) atoms. The maximum Gasteiger partial charge on any atom is 0.351 e. The minimum atomic E-state index is -1.65. The van der Waals surface area contributed by atoms with Crippen LogP contribution in [0, 0.1) is 0 Å². The van der Waals surface area contributed by atoms with Crippen LogP contribution in [0.1, 0.15) is 13.2 Å². The molecule has 0 radical (unpaired) electrons. The molecule has 1 aliphatic rings. The summed E-state index contributed by atoms with van der Waals surface area (Å²) in [6, 6.07) is 1.37. The van der Waals surface area contributed by atoms with Gasteiger partial charge in [-0.25, -0.2) is 4.79 Å². The molecule has 2 rings (SSSR count). The standard InChI is InChI=1S/C10H15N3O5/c1-10(17)5(4-14)18-8(7(10)15)13-3-2-6(11)12-9(13)16/h2-3,5,7-8,14-15,17H,4H2,1H3,(H2,11,12,16)/t5-,7?,8-,10-/m1/s1. The average Bonchev–Trinajstić information content (AvgIpc) is 2.52. The fourth-order valence-electron chi connectivity index (χ4n) is 1.92. The molecule has 8 nitrogen and oxygen atoms in total. The highest BCUT2D eigenvalue weighted by atomic mass is 16.6. The molecule has 0 bridgehead atoms. The van der Waals surface area contributed by atoms with E-state index in [0.29, 0.717) is 0 Å². The van der Waals surface area contributed by atoms with Gasteiger partial charge in [0.1, 0.15) is 23.6 Å². The van der Waals surface area contributed by atoms with Crippen molar-refractivity contribution in [2.75, 3.05) is 12.3 Å². The first kappa shape index (κ1) is 13.0. The van der Waals surface area contributed by atoms with Gasteiger partial charge in [-0.2, -0.15) is 4.98 Å². The van der Waals surface area contributed by atoms with E-state index < -0.39 is 36.3 Å². The Labute approximate surface area is 102 Å². The minimum Gasteiger partial charge on any atom is -0.394 e. The van der Waals surface area contributed by atoms with E-state index in [9.17, 15) is 15.0 Å². The zero-order valence-electron chi connectivity index (χ0n) is 9.72. The molecule has 0 amide bonds. The Morgan fingerprint density at radius 1 is 1.67 bits per heavy atom. The molecule has 5 N–H and O–H groups in total. The molecular formula is C10H15N3O5. The number of nitrogens with two attached hydrogens (primary N) is 1. The molecule has 0 aliphatic carbocycles. The first-order valence-electron chi connectivity index (χ1n) is 5.39. The van der Waals surface area contributed by atoms with E-state index >= 15 is 0 Å². The Bertz CT molecular complexity index is 501. The molecule has 1 aromatic heterocycles. The molecule has 1 aromatic rings. The summed E-state index contributed by atoms with van der Waals surface area (Å²) in [5.41, 5.74) is 3.00. The van der Waals surface area contributed by atoms with Crippen molar-refractivity contribution in [3.8, 4) is 0 Å². The molecule has 2 heterocycles. The van der Waals surface area contributed by atoms with Crippen LogP contribution in [0.3, 0.4) is 0 Å². The van der Waals surface area contributed by atoms with Crippen LogP contribution in [0.4, 0.5) is 5.82 Å². The summed E-state index contributed by atoms with van der Waals surface area (Å²) in [5, 5.41) is 29.0. The molecule has 0 saturated carbocycles. The lowest BCUT2D eigenvalue weighted by atomic mass is 9.95. The first-order valence-corrected chi connectivity index (χ1v) is 5.39. The van der Waals surface area contributed by atoms with Crippen LogP contribution in [-0.2, 0) is 4.74 Å². The smallest absolute Gasteiger partial charge is 0.351 e. The lowest BCUT2D eigenvalue weighted by Crippen LogP contribution is -2.46. The summed E-state index contributed by atoms with van der Waals surface area (Å²) < 4.78 is 6.30. The molecule has 1 saturated heterocycles. The highest BCUT2D eigenvalue weighted by Gasteiger charge is 2.52. The number of aliphatic hydroxyl groups excluding tert-OH is 2. The van der Waals surface area contributed by atoms with Crippen LogP contribution in [0.25, 0.3) is 0 Å². The predicted molar refractivity (Wildman–Crippen MR) is 60.5 cm³/mol. The van der Waals surface area contributed by atoms with E-state index in [1.54, 1.807) is 0 Å². The monoisotopic (exact) mass is 257 g/mol. The predicted octanol–water partition coefficient (Wildman–Crippen LogP) is -2.17. The maximum absolute atomic E-state index is 11.6. The van der Waals surface area contributed by atoms with Crippen LogP contribution < -0.4 is 11.4 Å². The summed E-state index contributed by atoms with van der Waals surface area (Å²) in [4.78, 5) is 15.1. The molecule has 0 spiro atoms. The fourth-order valence-corrected chi connectivity index (χ4v) is 1.92. The van der Waals surface area contributed by atoms with Gasteiger partial charge in [0.25, 0.3) is 0 Å². The second kappa shape index (κ2) is 4.32. The molecule has 8 heteroatoms. The van der Waals surface area contributed by atoms with Gasteiger partial charge in [0.2, 0.25) is 0 Å². The molecule has 0 aromatic carbocycles. The minimum absolute atomic E-state index is 0.0502. The van der Waals surface area contributed by atoms with E-state index in [2.05, 4.69) is 4.98 Å². The van der Waals surface area contributed by atoms with Crippen molar-refractivity contribution in [3.05, 3.63) is 22.7 Å². The SMILES string of the molecule is C[C@]1(O)C(O)[C@H](n2ccc(N)nc2=O)O[C@@H]1CO. The Balaban J connectivity index is 2.38. The lowest BCUT2D eigenvalue weighted by Gasteiger charge is -2.25. The number of aliphatic hydroxyl groups is 3. The van der Waals surface area contributed by atoms with Crippen molar-refractivity contribution in [2.24, 2.45) is 0 Å². The number of anilines is 1. The van der Waals surface area contributed by atoms with E-state index in [-0.39, 0.29) is 5.82 Å². The summed E-state index contributed by atoms with van der Waals surface area (Å²) in [7, 11) is 0. The molecule has 1 aliphatic heterocycles. The Morgan fingerprint density at radius 2 is 2.33 bits per heavy atom. The number of nitrogens with zero attached hydrogens (tertiary/aromatic N) is 2. The normalized spacial score (nSPS) is 35.9. The van der Waals surface area contributed by atoms with Gasteiger partial charge in [-0.1, -0.05) is 0 Å². The fraction of sp³-hybridized carbons (Fsp3) is 0.600. The van der Waals surface area contributed by atoms with Gasteiger partial charge >= 0.3 is 5.69 Å². The zero-order chi connectivity index (χ0) is 13.5. The highest BCUT2D eigenvalue weighted by molar-refractivity contribution is 5.23. The van der Waals surface area contributed by atoms with Gasteiger partial charge < -0.3 is 25.8 Å². The van der Waals surface area contributed by atoms with E-state index in [0.717, 1.165) is 4.57 Å². The molecule has 1 unspecified atom stereocenters. The number of rotatable bonds is 2. The Hall–Kier alpha value is -1.48. The topological polar surface area (TPSA) is 131 Å². The van der Waals surface area contributed by atoms with Gasteiger partial charge in [-0.3, -0.25) is 4.57 Å². The number of aromatic nitrogens is 2. The first-order chi connectivity index (χ1) is 8.37. The van der Waals surface area contributed by atoms with Gasteiger partial charge in [0.05, 0.1) is 6.61 Å². The molecule has 100 valence electrons. The number of nitrogen functional groups attached to an aromatic ring is 1. The van der Waals surface area contributed by atoms with E-state index in [4.69, 9.17) is 15.6 Å². The third-order valence-electron chi connectivity index (χ3n) is 3.12. The summed E-state index contributed by atoms with van der Waals surface area (Å²) in [5.74, 6) is 0.0502. The van der Waals surface area contributed by atoms with Crippen molar-refractivity contribution in [1.29, 1.82) is 0 Å². The van der Waals surface area contributed by atoms with Crippen molar-refractivity contribution in [2.45, 2.75) is 31.0 Å². The second-order valence-corrected chi connectivity index (χ2v) is 4.41. The van der Waals surface area contributed by atoms with Crippen molar-refractivity contribution < 1.29 is 20.1 Å². The summed E-state index contributed by atoms with van der Waals surface area (Å²) in [6.45, 7) is 0.853. The van der Waals surface area contributed by atoms with Crippen LogP contribution in [0.2, 0.25) is 0 Å². The van der Waals surface area contributed by atoms with Gasteiger partial charge in [0, 0.05) is 6.20 Å². The van der Waals surface area contributed by atoms with Crippen LogP contribution in [0.15, 0.2) is 17.1 Å². The molecule has 1 fully saturated rings. The number of hydrogen-bond donors (Lipinski definition) is 4. The van der Waals surface area contributed by atoms with Crippen molar-refractivity contribution >= 4 is 5.82 Å². The zero-order valence-corrected chi connectivity index (χ0v) is 9.72. The van der Waals surface area contributed by atoms with Gasteiger partial charge in [0.15, 0.2) is 6.23 Å². The van der Waals surface area contributed by atoms with Crippen molar-refractivity contribution in [3.63, 3.8) is 0 Å². The Kier molecular flexibility index (Phi) is 3.11. The lowest BCUT2D eigenvalue weighted by molar-refractivity contribution is -0.0807. The van der Waals surface area contributed by atoms with Crippen LogP contribution >= 0.6 is 0 Å². The summed E-state index contributed by atoms with van der Waals surface area (Å²) >= 11 is 0. The van der Waals surface area contributed by atoms with Crippen LogP contribution in [-0.4, -0.2) is 49.3 Å². The third kappa shape index (κ3) is 1.89. The third-order valence-corrected chi connectivity index (χ3v) is 3.12. The van der Waals surface area contributed by atoms with Crippen molar-refractivity contribution in [1.82, 2.24) is 9.55 Å². The Morgan fingerprint density at radius 3 is 2.83 bits per heavy atom. The molecular weight excluding hydrogens is 242 g/mol. The largest absolute Gasteiger partial charge is 0.394 e. The maximum atomic E-state index is 11.6. The van der Waals surface area contributed by atoms with Crippen LogP contribution in [0.5, 0.6) is 0 Å². The average molecular weight is 257 g/mol.